The molecule has 2 amide bonds. The van der Waals surface area contributed by atoms with Gasteiger partial charge in [-0.2, -0.15) is 0 Å². The van der Waals surface area contributed by atoms with Crippen molar-refractivity contribution in [2.45, 2.75) is 19.8 Å². The number of urea groups is 1. The number of imidazole rings is 1. The molecule has 0 atom stereocenters. The highest BCUT2D eigenvalue weighted by molar-refractivity contribution is 5.90. The number of halogens is 1. The van der Waals surface area contributed by atoms with Gasteiger partial charge < -0.3 is 15.2 Å². The van der Waals surface area contributed by atoms with Crippen molar-refractivity contribution >= 4 is 22.9 Å². The van der Waals surface area contributed by atoms with E-state index in [1.807, 2.05) is 31.2 Å². The highest BCUT2D eigenvalue weighted by atomic mass is 19.1. The van der Waals surface area contributed by atoms with Gasteiger partial charge in [0.05, 0.1) is 11.1 Å². The van der Waals surface area contributed by atoms with Gasteiger partial charge in [0.2, 0.25) is 0 Å². The largest absolute Gasteiger partial charge is 0.336 e. The normalized spacial score (nSPS) is 13.7. The minimum atomic E-state index is -0.419. The third-order valence-corrected chi connectivity index (χ3v) is 5.55. The number of carbonyl (C=O) groups is 1. The number of anilines is 1. The van der Waals surface area contributed by atoms with Crippen LogP contribution in [-0.2, 0) is 0 Å². The molecule has 0 unspecified atom stereocenters. The Morgan fingerprint density at radius 2 is 1.94 bits per heavy atom. The minimum Gasteiger partial charge on any atom is -0.336 e. The third-order valence-electron chi connectivity index (χ3n) is 5.55. The molecule has 0 spiro atoms. The van der Waals surface area contributed by atoms with Crippen molar-refractivity contribution in [3.8, 4) is 22.5 Å². The zero-order chi connectivity index (χ0) is 21.4. The molecule has 1 aliphatic rings. The van der Waals surface area contributed by atoms with E-state index in [1.165, 1.54) is 6.07 Å². The number of hydrogen-bond acceptors (Lipinski definition) is 3. The molecule has 156 valence electrons. The summed E-state index contributed by atoms with van der Waals surface area (Å²) < 4.78 is 14.6. The van der Waals surface area contributed by atoms with Crippen molar-refractivity contribution in [2.75, 3.05) is 18.4 Å². The van der Waals surface area contributed by atoms with Crippen molar-refractivity contribution < 1.29 is 9.18 Å². The first-order valence-corrected chi connectivity index (χ1v) is 10.4. The summed E-state index contributed by atoms with van der Waals surface area (Å²) in [5.41, 5.74) is 5.23. The average molecular weight is 415 g/mol. The van der Waals surface area contributed by atoms with Crippen LogP contribution in [0.15, 0.2) is 54.7 Å². The third kappa shape index (κ3) is 3.86. The zero-order valence-electron chi connectivity index (χ0n) is 17.2. The lowest BCUT2D eigenvalue weighted by Gasteiger charge is -2.16. The van der Waals surface area contributed by atoms with Gasteiger partial charge >= 0.3 is 6.03 Å². The van der Waals surface area contributed by atoms with E-state index in [2.05, 4.69) is 26.3 Å². The summed E-state index contributed by atoms with van der Waals surface area (Å²) in [6.45, 7) is 3.54. The number of carbonyl (C=O) groups excluding carboxylic acids is 1. The summed E-state index contributed by atoms with van der Waals surface area (Å²) in [4.78, 5) is 26.2. The van der Waals surface area contributed by atoms with Gasteiger partial charge in [0.25, 0.3) is 0 Å². The van der Waals surface area contributed by atoms with Gasteiger partial charge in [-0.15, -0.1) is 0 Å². The van der Waals surface area contributed by atoms with E-state index in [-0.39, 0.29) is 11.6 Å². The molecule has 1 aliphatic heterocycles. The van der Waals surface area contributed by atoms with Crippen LogP contribution in [0.2, 0.25) is 0 Å². The Kier molecular flexibility index (Phi) is 4.86. The quantitative estimate of drug-likeness (QED) is 0.473. The van der Waals surface area contributed by atoms with Gasteiger partial charge in [0.1, 0.15) is 11.6 Å². The van der Waals surface area contributed by atoms with Gasteiger partial charge in [-0.3, -0.25) is 0 Å². The average Bonchev–Trinajstić information content (AvgIpc) is 3.44. The summed E-state index contributed by atoms with van der Waals surface area (Å²) in [7, 11) is 0. The number of benzene rings is 2. The minimum absolute atomic E-state index is 0.163. The van der Waals surface area contributed by atoms with Gasteiger partial charge in [-0.25, -0.2) is 19.2 Å². The van der Waals surface area contributed by atoms with Gasteiger partial charge in [0.15, 0.2) is 5.65 Å². The van der Waals surface area contributed by atoms with Gasteiger partial charge in [0, 0.05) is 30.5 Å². The number of likely N-dealkylation sites (tertiary alicyclic amines) is 1. The number of H-pyrrole nitrogens is 1. The Hall–Kier alpha value is -3.74. The summed E-state index contributed by atoms with van der Waals surface area (Å²) >= 11 is 0. The number of aryl methyl sites for hydroxylation is 1. The van der Waals surface area contributed by atoms with Crippen LogP contribution in [-0.4, -0.2) is 39.0 Å². The van der Waals surface area contributed by atoms with Crippen LogP contribution >= 0.6 is 0 Å². The number of aromatic nitrogens is 3. The summed E-state index contributed by atoms with van der Waals surface area (Å²) in [5.74, 6) is -0.0456. The molecule has 2 aromatic heterocycles. The number of amides is 2. The first-order valence-electron chi connectivity index (χ1n) is 10.4. The van der Waals surface area contributed by atoms with E-state index in [1.54, 1.807) is 23.2 Å². The Balaban J connectivity index is 1.46. The lowest BCUT2D eigenvalue weighted by molar-refractivity contribution is 0.222. The molecule has 0 radical (unpaired) electrons. The molecular formula is C24H22FN5O. The zero-order valence-corrected chi connectivity index (χ0v) is 17.2. The fourth-order valence-electron chi connectivity index (χ4n) is 3.92. The maximum Gasteiger partial charge on any atom is 0.321 e. The number of nitrogens with one attached hydrogen (secondary N) is 2. The monoisotopic (exact) mass is 415 g/mol. The Labute approximate surface area is 179 Å². The summed E-state index contributed by atoms with van der Waals surface area (Å²) in [6, 6.07) is 14.5. The number of pyridine rings is 1. The van der Waals surface area contributed by atoms with E-state index < -0.39 is 5.82 Å². The number of hydrogen-bond donors (Lipinski definition) is 2. The molecule has 1 saturated heterocycles. The van der Waals surface area contributed by atoms with E-state index in [4.69, 9.17) is 0 Å². The van der Waals surface area contributed by atoms with Crippen molar-refractivity contribution in [2.24, 2.45) is 0 Å². The fourth-order valence-corrected chi connectivity index (χ4v) is 3.92. The fraction of sp³-hybridized carbons (Fsp3) is 0.208. The molecule has 1 fully saturated rings. The van der Waals surface area contributed by atoms with E-state index in [0.717, 1.165) is 48.1 Å². The predicted octanol–water partition coefficient (Wildman–Crippen LogP) is 5.37. The summed E-state index contributed by atoms with van der Waals surface area (Å²) in [5, 5.41) is 2.85. The van der Waals surface area contributed by atoms with Gasteiger partial charge in [-0.1, -0.05) is 29.8 Å². The molecule has 0 saturated carbocycles. The Morgan fingerprint density at radius 3 is 2.74 bits per heavy atom. The van der Waals surface area contributed by atoms with Crippen LogP contribution in [0.1, 0.15) is 18.4 Å². The Bertz CT molecular complexity index is 1280. The lowest BCUT2D eigenvalue weighted by atomic mass is 10.1. The number of fused-ring (bicyclic) bond motifs is 1. The second-order valence-electron chi connectivity index (χ2n) is 7.87. The molecular weight excluding hydrogens is 393 g/mol. The van der Waals surface area contributed by atoms with Crippen molar-refractivity contribution in [1.82, 2.24) is 19.9 Å². The molecule has 3 heterocycles. The molecule has 2 aromatic carbocycles. The van der Waals surface area contributed by atoms with E-state index in [0.29, 0.717) is 17.2 Å². The first-order chi connectivity index (χ1) is 15.1. The van der Waals surface area contributed by atoms with Crippen LogP contribution in [0, 0.1) is 12.7 Å². The maximum atomic E-state index is 14.6. The van der Waals surface area contributed by atoms with Crippen molar-refractivity contribution in [3.05, 3.63) is 66.1 Å². The molecule has 31 heavy (non-hydrogen) atoms. The first kappa shape index (κ1) is 19.2. The number of rotatable bonds is 3. The van der Waals surface area contributed by atoms with Crippen LogP contribution < -0.4 is 5.32 Å². The summed E-state index contributed by atoms with van der Waals surface area (Å²) in [6.07, 6.45) is 3.79. The van der Waals surface area contributed by atoms with Crippen LogP contribution in [0.5, 0.6) is 0 Å². The molecule has 5 rings (SSSR count). The lowest BCUT2D eigenvalue weighted by Crippen LogP contribution is -2.32. The highest BCUT2D eigenvalue weighted by Gasteiger charge is 2.19. The molecule has 7 heteroatoms. The second kappa shape index (κ2) is 7.83. The molecule has 6 nitrogen and oxygen atoms in total. The number of nitrogens with zero attached hydrogens (tertiary/aromatic N) is 3. The van der Waals surface area contributed by atoms with Crippen LogP contribution in [0.25, 0.3) is 33.7 Å². The van der Waals surface area contributed by atoms with Crippen LogP contribution in [0.3, 0.4) is 0 Å². The van der Waals surface area contributed by atoms with Gasteiger partial charge in [-0.05, 0) is 49.6 Å². The molecule has 4 aromatic rings. The smallest absolute Gasteiger partial charge is 0.321 e. The van der Waals surface area contributed by atoms with Crippen LogP contribution in [0.4, 0.5) is 14.9 Å². The second-order valence-corrected chi connectivity index (χ2v) is 7.87. The van der Waals surface area contributed by atoms with Crippen molar-refractivity contribution in [1.29, 1.82) is 0 Å². The SMILES string of the molecule is Cc1cccc(-c2cnc3nc(-c4cc(NC(=O)N5CCCC5)ccc4F)[nH]c3c2)c1. The van der Waals surface area contributed by atoms with E-state index in [9.17, 15) is 9.18 Å². The van der Waals surface area contributed by atoms with E-state index >= 15 is 0 Å². The Morgan fingerprint density at radius 1 is 1.10 bits per heavy atom. The molecule has 0 bridgehead atoms. The van der Waals surface area contributed by atoms with Crippen molar-refractivity contribution in [3.63, 3.8) is 0 Å². The molecule has 2 N–H and O–H groups in total. The highest BCUT2D eigenvalue weighted by Crippen LogP contribution is 2.28. The maximum absolute atomic E-state index is 14.6. The predicted molar refractivity (Wildman–Crippen MR) is 119 cm³/mol. The topological polar surface area (TPSA) is 73.9 Å². The molecule has 0 aliphatic carbocycles. The number of aromatic amines is 1. The standard InChI is InChI=1S/C24H22FN5O/c1-15-5-4-6-16(11-15)17-12-21-23(26-14-17)29-22(28-21)19-13-18(7-8-20(19)25)27-24(31)30-9-2-3-10-30/h4-8,11-14H,2-3,9-10H2,1H3,(H,27,31)(H,26,28,29).